The average molecular weight is 482 g/mol. The topological polar surface area (TPSA) is 84.0 Å². The highest BCUT2D eigenvalue weighted by atomic mass is 127. The minimum Gasteiger partial charge on any atom is -0.467 e. The van der Waals surface area contributed by atoms with E-state index in [0.717, 1.165) is 17.7 Å². The molecule has 3 aliphatic heterocycles. The zero-order valence-electron chi connectivity index (χ0n) is 14.8. The van der Waals surface area contributed by atoms with Crippen LogP contribution in [0.5, 0.6) is 0 Å². The van der Waals surface area contributed by atoms with Gasteiger partial charge in [-0.3, -0.25) is 19.3 Å². The average Bonchev–Trinajstić information content (AvgIpc) is 3.15. The minimum atomic E-state index is -0.894. The summed E-state index contributed by atoms with van der Waals surface area (Å²) >= 11 is 2.27. The molecule has 0 bridgehead atoms. The van der Waals surface area contributed by atoms with E-state index in [1.807, 2.05) is 0 Å². The van der Waals surface area contributed by atoms with Gasteiger partial charge in [-0.15, -0.1) is 0 Å². The molecule has 0 radical (unpaired) electrons. The van der Waals surface area contributed by atoms with Gasteiger partial charge >= 0.3 is 5.97 Å². The highest BCUT2D eigenvalue weighted by molar-refractivity contribution is 14.1. The van der Waals surface area contributed by atoms with Gasteiger partial charge in [-0.25, -0.2) is 4.79 Å². The molecule has 0 spiro atoms. The number of ether oxygens (including phenoxy) is 1. The molecule has 0 saturated carbocycles. The van der Waals surface area contributed by atoms with Gasteiger partial charge in [-0.1, -0.05) is 34.7 Å². The molecule has 3 heterocycles. The number of imide groups is 1. The fraction of sp³-hybridized carbons (Fsp3) is 0.474. The van der Waals surface area contributed by atoms with E-state index < -0.39 is 29.9 Å². The molecular weight excluding hydrogens is 463 g/mol. The summed E-state index contributed by atoms with van der Waals surface area (Å²) in [7, 11) is 1.31. The van der Waals surface area contributed by atoms with Crippen LogP contribution in [0.15, 0.2) is 24.3 Å². The Bertz CT molecular complexity index is 806. The maximum atomic E-state index is 13.4. The summed E-state index contributed by atoms with van der Waals surface area (Å²) in [5.74, 6) is -1.66. The third-order valence-electron chi connectivity index (χ3n) is 5.66. The smallest absolute Gasteiger partial charge is 0.328 e. The predicted octanol–water partition coefficient (Wildman–Crippen LogP) is 1.78. The van der Waals surface area contributed by atoms with Gasteiger partial charge in [0.25, 0.3) is 11.8 Å². The van der Waals surface area contributed by atoms with Crippen molar-refractivity contribution in [2.24, 2.45) is 0 Å². The summed E-state index contributed by atoms with van der Waals surface area (Å²) in [5.41, 5.74) is 0.652. The van der Waals surface area contributed by atoms with Crippen molar-refractivity contribution in [1.82, 2.24) is 9.80 Å². The highest BCUT2D eigenvalue weighted by Gasteiger charge is 2.51. The maximum absolute atomic E-state index is 13.4. The van der Waals surface area contributed by atoms with E-state index in [0.29, 0.717) is 24.0 Å². The van der Waals surface area contributed by atoms with E-state index >= 15 is 0 Å². The van der Waals surface area contributed by atoms with Crippen LogP contribution < -0.4 is 0 Å². The number of hydrogen-bond acceptors (Lipinski definition) is 5. The quantitative estimate of drug-likeness (QED) is 0.278. The Morgan fingerprint density at radius 2 is 1.70 bits per heavy atom. The molecule has 0 aliphatic carbocycles. The summed E-state index contributed by atoms with van der Waals surface area (Å²) in [5, 5.41) is 0. The number of rotatable bonds is 2. The van der Waals surface area contributed by atoms with Crippen LogP contribution in [-0.2, 0) is 14.3 Å². The minimum absolute atomic E-state index is 0.0660. The normalized spacial score (nSPS) is 30.2. The number of carbonyl (C=O) groups is 4. The van der Waals surface area contributed by atoms with E-state index in [2.05, 4.69) is 22.6 Å². The first-order chi connectivity index (χ1) is 12.9. The van der Waals surface area contributed by atoms with Crippen LogP contribution in [0.3, 0.4) is 0 Å². The lowest BCUT2D eigenvalue weighted by Crippen LogP contribution is -2.54. The van der Waals surface area contributed by atoms with Gasteiger partial charge in [0.05, 0.1) is 18.2 Å². The molecule has 27 heavy (non-hydrogen) atoms. The molecule has 3 amide bonds. The standard InChI is InChI=1S/C19H19IN2O5/c1-27-19(26)14-7-6-11-8-10(20)9-15(18(25)21(11)14)22-16(23)12-4-2-3-5-13(12)17(22)24/h2-5,10-11,14-15H,6-9H2,1H3/t10?,11-,14+,15+/m1/s1. The predicted molar refractivity (Wildman–Crippen MR) is 103 cm³/mol. The molecule has 1 aromatic carbocycles. The Labute approximate surface area is 170 Å². The van der Waals surface area contributed by atoms with Crippen molar-refractivity contribution in [1.29, 1.82) is 0 Å². The molecule has 142 valence electrons. The molecule has 4 rings (SSSR count). The van der Waals surface area contributed by atoms with Gasteiger partial charge in [0.1, 0.15) is 12.1 Å². The van der Waals surface area contributed by atoms with Crippen molar-refractivity contribution in [2.45, 2.75) is 47.7 Å². The molecule has 4 atom stereocenters. The highest BCUT2D eigenvalue weighted by Crippen LogP contribution is 2.38. The monoisotopic (exact) mass is 482 g/mol. The second-order valence-corrected chi connectivity index (χ2v) is 8.89. The molecule has 0 aromatic heterocycles. The summed E-state index contributed by atoms with van der Waals surface area (Å²) in [4.78, 5) is 54.0. The molecule has 7 nitrogen and oxygen atoms in total. The summed E-state index contributed by atoms with van der Waals surface area (Å²) in [6, 6.07) is 5.01. The van der Waals surface area contributed by atoms with Gasteiger partial charge in [-0.05, 0) is 37.8 Å². The second-order valence-electron chi connectivity index (χ2n) is 7.13. The van der Waals surface area contributed by atoms with Gasteiger partial charge in [0.15, 0.2) is 0 Å². The third kappa shape index (κ3) is 2.84. The molecule has 3 aliphatic rings. The van der Waals surface area contributed by atoms with Gasteiger partial charge < -0.3 is 9.64 Å². The van der Waals surface area contributed by atoms with Crippen molar-refractivity contribution in [3.05, 3.63) is 35.4 Å². The molecule has 0 N–H and O–H groups in total. The van der Waals surface area contributed by atoms with Crippen LogP contribution in [0.4, 0.5) is 0 Å². The van der Waals surface area contributed by atoms with Gasteiger partial charge in [-0.2, -0.15) is 0 Å². The maximum Gasteiger partial charge on any atom is 0.328 e. The number of methoxy groups -OCH3 is 1. The van der Waals surface area contributed by atoms with Crippen LogP contribution in [0, 0.1) is 0 Å². The zero-order valence-corrected chi connectivity index (χ0v) is 16.9. The second kappa shape index (κ2) is 6.88. The number of hydrogen-bond donors (Lipinski definition) is 0. The Morgan fingerprint density at radius 1 is 1.07 bits per heavy atom. The van der Waals surface area contributed by atoms with Crippen molar-refractivity contribution in [2.75, 3.05) is 7.11 Å². The Kier molecular flexibility index (Phi) is 4.69. The summed E-state index contributed by atoms with van der Waals surface area (Å²) < 4.78 is 4.99. The van der Waals surface area contributed by atoms with E-state index in [1.165, 1.54) is 7.11 Å². The number of esters is 1. The Hall–Kier alpha value is -1.97. The molecular formula is C19H19IN2O5. The molecule has 2 saturated heterocycles. The number of alkyl halides is 1. The molecule has 8 heteroatoms. The number of fused-ring (bicyclic) bond motifs is 2. The number of amides is 3. The number of carbonyl (C=O) groups excluding carboxylic acids is 4. The lowest BCUT2D eigenvalue weighted by Gasteiger charge is -2.32. The van der Waals surface area contributed by atoms with Crippen LogP contribution in [0.2, 0.25) is 0 Å². The Morgan fingerprint density at radius 3 is 2.30 bits per heavy atom. The Balaban J connectivity index is 1.71. The molecule has 2 fully saturated rings. The van der Waals surface area contributed by atoms with Crippen LogP contribution in [0.1, 0.15) is 46.4 Å². The summed E-state index contributed by atoms with van der Waals surface area (Å²) in [6.45, 7) is 0. The first-order valence-corrected chi connectivity index (χ1v) is 10.2. The molecule has 1 aromatic rings. The molecule has 1 unspecified atom stereocenters. The van der Waals surface area contributed by atoms with Crippen LogP contribution in [0.25, 0.3) is 0 Å². The number of nitrogens with zero attached hydrogens (tertiary/aromatic N) is 2. The van der Waals surface area contributed by atoms with Crippen molar-refractivity contribution >= 4 is 46.3 Å². The lowest BCUT2D eigenvalue weighted by atomic mass is 10.0. The van der Waals surface area contributed by atoms with E-state index in [9.17, 15) is 19.2 Å². The SMILES string of the molecule is COC(=O)[C@@H]1CC[C@@H]2CC(I)C[C@H](N3C(=O)c4ccccc4C3=O)C(=O)N21. The number of benzene rings is 1. The van der Waals surface area contributed by atoms with Gasteiger partial charge in [0.2, 0.25) is 5.91 Å². The third-order valence-corrected chi connectivity index (χ3v) is 6.68. The lowest BCUT2D eigenvalue weighted by molar-refractivity contribution is -0.153. The van der Waals surface area contributed by atoms with Crippen LogP contribution in [-0.4, -0.2) is 62.7 Å². The first-order valence-electron chi connectivity index (χ1n) is 8.95. The fourth-order valence-corrected chi connectivity index (χ4v) is 5.50. The van der Waals surface area contributed by atoms with Gasteiger partial charge in [0, 0.05) is 9.97 Å². The van der Waals surface area contributed by atoms with Crippen LogP contribution >= 0.6 is 22.6 Å². The summed E-state index contributed by atoms with van der Waals surface area (Å²) in [6.07, 6.45) is 2.40. The largest absolute Gasteiger partial charge is 0.467 e. The van der Waals surface area contributed by atoms with Crippen molar-refractivity contribution < 1.29 is 23.9 Å². The van der Waals surface area contributed by atoms with E-state index in [1.54, 1.807) is 29.2 Å². The van der Waals surface area contributed by atoms with Crippen molar-refractivity contribution in [3.8, 4) is 0 Å². The van der Waals surface area contributed by atoms with E-state index in [-0.39, 0.29) is 15.9 Å². The fourth-order valence-electron chi connectivity index (χ4n) is 4.43. The first kappa shape index (κ1) is 18.4. The number of halogens is 1. The zero-order chi connectivity index (χ0) is 19.3. The van der Waals surface area contributed by atoms with E-state index in [4.69, 9.17) is 4.74 Å². The van der Waals surface area contributed by atoms with Crippen molar-refractivity contribution in [3.63, 3.8) is 0 Å².